The molecule has 21 heavy (non-hydrogen) atoms. The van der Waals surface area contributed by atoms with Crippen molar-refractivity contribution in [2.24, 2.45) is 0 Å². The SMILES string of the molecule is COc1cccc(C(C)NC(=O)CCc2ccccc2)c1. The number of ether oxygens (including phenoxy) is 1. The Bertz CT molecular complexity index is 581. The molecule has 3 heteroatoms. The van der Waals surface area contributed by atoms with Crippen LogP contribution in [0.4, 0.5) is 0 Å². The van der Waals surface area contributed by atoms with Crippen molar-refractivity contribution >= 4 is 5.91 Å². The molecule has 0 aromatic heterocycles. The minimum Gasteiger partial charge on any atom is -0.497 e. The lowest BCUT2D eigenvalue weighted by Crippen LogP contribution is -2.26. The van der Waals surface area contributed by atoms with E-state index in [4.69, 9.17) is 4.74 Å². The first kappa shape index (κ1) is 15.1. The number of aryl methyl sites for hydroxylation is 1. The van der Waals surface area contributed by atoms with E-state index in [0.29, 0.717) is 6.42 Å². The molecule has 0 aliphatic rings. The van der Waals surface area contributed by atoms with Crippen LogP contribution in [0.25, 0.3) is 0 Å². The van der Waals surface area contributed by atoms with E-state index < -0.39 is 0 Å². The number of rotatable bonds is 6. The summed E-state index contributed by atoms with van der Waals surface area (Å²) in [6, 6.07) is 17.8. The topological polar surface area (TPSA) is 38.3 Å². The molecule has 0 heterocycles. The maximum absolute atomic E-state index is 12.0. The van der Waals surface area contributed by atoms with E-state index in [1.165, 1.54) is 5.56 Å². The van der Waals surface area contributed by atoms with E-state index in [-0.39, 0.29) is 11.9 Å². The first-order valence-corrected chi connectivity index (χ1v) is 7.16. The number of carbonyl (C=O) groups is 1. The van der Waals surface area contributed by atoms with Crippen molar-refractivity contribution in [3.05, 3.63) is 65.7 Å². The number of hydrogen-bond donors (Lipinski definition) is 1. The number of carbonyl (C=O) groups excluding carboxylic acids is 1. The summed E-state index contributed by atoms with van der Waals surface area (Å²) in [6.45, 7) is 1.98. The summed E-state index contributed by atoms with van der Waals surface area (Å²) < 4.78 is 5.20. The fourth-order valence-electron chi connectivity index (χ4n) is 2.21. The number of amides is 1. The fraction of sp³-hybridized carbons (Fsp3) is 0.278. The average molecular weight is 283 g/mol. The molecule has 2 aromatic rings. The van der Waals surface area contributed by atoms with E-state index >= 15 is 0 Å². The first-order chi connectivity index (χ1) is 10.2. The van der Waals surface area contributed by atoms with Crippen LogP contribution in [0.2, 0.25) is 0 Å². The number of nitrogens with one attached hydrogen (secondary N) is 1. The summed E-state index contributed by atoms with van der Waals surface area (Å²) >= 11 is 0. The number of benzene rings is 2. The normalized spacial score (nSPS) is 11.7. The Kier molecular flexibility index (Phi) is 5.38. The molecular formula is C18H21NO2. The Morgan fingerprint density at radius 2 is 1.90 bits per heavy atom. The van der Waals surface area contributed by atoms with Crippen molar-refractivity contribution in [2.75, 3.05) is 7.11 Å². The van der Waals surface area contributed by atoms with Gasteiger partial charge >= 0.3 is 0 Å². The lowest BCUT2D eigenvalue weighted by Gasteiger charge is -2.15. The molecule has 2 rings (SSSR count). The van der Waals surface area contributed by atoms with E-state index in [9.17, 15) is 4.79 Å². The standard InChI is InChI=1S/C18H21NO2/c1-14(16-9-6-10-17(13-16)21-2)19-18(20)12-11-15-7-4-3-5-8-15/h3-10,13-14H,11-12H2,1-2H3,(H,19,20). The predicted molar refractivity (Wildman–Crippen MR) is 84.3 cm³/mol. The van der Waals surface area contributed by atoms with Crippen LogP contribution in [-0.2, 0) is 11.2 Å². The highest BCUT2D eigenvalue weighted by molar-refractivity contribution is 5.76. The lowest BCUT2D eigenvalue weighted by molar-refractivity contribution is -0.121. The highest BCUT2D eigenvalue weighted by Crippen LogP contribution is 2.18. The maximum atomic E-state index is 12.0. The summed E-state index contributed by atoms with van der Waals surface area (Å²) in [5.41, 5.74) is 2.23. The van der Waals surface area contributed by atoms with Gasteiger partial charge in [0.05, 0.1) is 13.2 Å². The van der Waals surface area contributed by atoms with Crippen LogP contribution in [-0.4, -0.2) is 13.0 Å². The molecule has 0 aliphatic heterocycles. The summed E-state index contributed by atoms with van der Waals surface area (Å²) in [7, 11) is 1.64. The summed E-state index contributed by atoms with van der Waals surface area (Å²) in [6.07, 6.45) is 1.26. The molecule has 0 fully saturated rings. The van der Waals surface area contributed by atoms with E-state index in [1.807, 2.05) is 61.5 Å². The second kappa shape index (κ2) is 7.48. The molecular weight excluding hydrogens is 262 g/mol. The third kappa shape index (κ3) is 4.63. The van der Waals surface area contributed by atoms with Gasteiger partial charge in [-0.15, -0.1) is 0 Å². The molecule has 0 aliphatic carbocycles. The van der Waals surface area contributed by atoms with Crippen molar-refractivity contribution < 1.29 is 9.53 Å². The smallest absolute Gasteiger partial charge is 0.220 e. The second-order valence-electron chi connectivity index (χ2n) is 5.05. The van der Waals surface area contributed by atoms with Crippen LogP contribution in [0, 0.1) is 0 Å². The van der Waals surface area contributed by atoms with Gasteiger partial charge in [-0.3, -0.25) is 4.79 Å². The first-order valence-electron chi connectivity index (χ1n) is 7.16. The molecule has 1 amide bonds. The van der Waals surface area contributed by atoms with Crippen molar-refractivity contribution in [1.29, 1.82) is 0 Å². The van der Waals surface area contributed by atoms with Gasteiger partial charge in [0, 0.05) is 6.42 Å². The fourth-order valence-corrected chi connectivity index (χ4v) is 2.21. The zero-order chi connectivity index (χ0) is 15.1. The molecule has 0 saturated carbocycles. The molecule has 1 N–H and O–H groups in total. The Hall–Kier alpha value is -2.29. The molecule has 2 aromatic carbocycles. The molecule has 0 bridgehead atoms. The molecule has 1 unspecified atom stereocenters. The second-order valence-corrected chi connectivity index (χ2v) is 5.05. The zero-order valence-corrected chi connectivity index (χ0v) is 12.5. The van der Waals surface area contributed by atoms with Gasteiger partial charge in [0.15, 0.2) is 0 Å². The largest absolute Gasteiger partial charge is 0.497 e. The minimum atomic E-state index is -0.0247. The molecule has 3 nitrogen and oxygen atoms in total. The molecule has 0 spiro atoms. The van der Waals surface area contributed by atoms with E-state index in [0.717, 1.165) is 17.7 Å². The molecule has 0 radical (unpaired) electrons. The van der Waals surface area contributed by atoms with Gasteiger partial charge < -0.3 is 10.1 Å². The van der Waals surface area contributed by atoms with Crippen LogP contribution in [0.5, 0.6) is 5.75 Å². The summed E-state index contributed by atoms with van der Waals surface area (Å²) in [5, 5.41) is 3.02. The van der Waals surface area contributed by atoms with Crippen molar-refractivity contribution in [3.63, 3.8) is 0 Å². The van der Waals surface area contributed by atoms with Crippen LogP contribution in [0.3, 0.4) is 0 Å². The van der Waals surface area contributed by atoms with Crippen LogP contribution >= 0.6 is 0 Å². The third-order valence-electron chi connectivity index (χ3n) is 3.45. The lowest BCUT2D eigenvalue weighted by atomic mass is 10.1. The number of methoxy groups -OCH3 is 1. The molecule has 110 valence electrons. The minimum absolute atomic E-state index is 0.0247. The third-order valence-corrected chi connectivity index (χ3v) is 3.45. The number of hydrogen-bond acceptors (Lipinski definition) is 2. The average Bonchev–Trinajstić information content (AvgIpc) is 2.54. The Morgan fingerprint density at radius 1 is 1.14 bits per heavy atom. The highest BCUT2D eigenvalue weighted by Gasteiger charge is 2.10. The van der Waals surface area contributed by atoms with E-state index in [1.54, 1.807) is 7.11 Å². The van der Waals surface area contributed by atoms with Gasteiger partial charge in [0.1, 0.15) is 5.75 Å². The van der Waals surface area contributed by atoms with Crippen LogP contribution < -0.4 is 10.1 Å². The van der Waals surface area contributed by atoms with Crippen molar-refractivity contribution in [1.82, 2.24) is 5.32 Å². The quantitative estimate of drug-likeness (QED) is 0.881. The van der Waals surface area contributed by atoms with Crippen molar-refractivity contribution in [3.8, 4) is 5.75 Å². The van der Waals surface area contributed by atoms with Gasteiger partial charge in [-0.1, -0.05) is 42.5 Å². The zero-order valence-electron chi connectivity index (χ0n) is 12.5. The van der Waals surface area contributed by atoms with Crippen LogP contribution in [0.15, 0.2) is 54.6 Å². The molecule has 0 saturated heterocycles. The van der Waals surface area contributed by atoms with E-state index in [2.05, 4.69) is 5.32 Å². The van der Waals surface area contributed by atoms with Gasteiger partial charge in [0.2, 0.25) is 5.91 Å². The van der Waals surface area contributed by atoms with Gasteiger partial charge in [-0.05, 0) is 36.6 Å². The summed E-state index contributed by atoms with van der Waals surface area (Å²) in [4.78, 5) is 12.0. The predicted octanol–water partition coefficient (Wildman–Crippen LogP) is 3.51. The summed E-state index contributed by atoms with van der Waals surface area (Å²) in [5.74, 6) is 0.868. The molecule has 1 atom stereocenters. The van der Waals surface area contributed by atoms with Gasteiger partial charge in [0.25, 0.3) is 0 Å². The van der Waals surface area contributed by atoms with Crippen molar-refractivity contribution in [2.45, 2.75) is 25.8 Å². The Balaban J connectivity index is 1.87. The Labute approximate surface area is 126 Å². The Morgan fingerprint density at radius 3 is 2.62 bits per heavy atom. The monoisotopic (exact) mass is 283 g/mol. The van der Waals surface area contributed by atoms with Crippen LogP contribution in [0.1, 0.15) is 30.5 Å². The van der Waals surface area contributed by atoms with Gasteiger partial charge in [-0.2, -0.15) is 0 Å². The van der Waals surface area contributed by atoms with Gasteiger partial charge in [-0.25, -0.2) is 0 Å². The highest BCUT2D eigenvalue weighted by atomic mass is 16.5. The maximum Gasteiger partial charge on any atom is 0.220 e.